The van der Waals surface area contributed by atoms with Gasteiger partial charge in [0.25, 0.3) is 0 Å². The van der Waals surface area contributed by atoms with E-state index in [4.69, 9.17) is 4.74 Å². The quantitative estimate of drug-likeness (QED) is 0.371. The lowest BCUT2D eigenvalue weighted by Gasteiger charge is -2.33. The number of aromatic nitrogens is 1. The number of alkyl halides is 1. The van der Waals surface area contributed by atoms with Crippen molar-refractivity contribution in [2.75, 3.05) is 39.5 Å². The van der Waals surface area contributed by atoms with Crippen LogP contribution in [0.15, 0.2) is 42.7 Å². The van der Waals surface area contributed by atoms with E-state index in [2.05, 4.69) is 10.3 Å². The van der Waals surface area contributed by atoms with Crippen molar-refractivity contribution in [3.05, 3.63) is 48.3 Å². The normalized spacial score (nSPS) is 18.8. The predicted octanol–water partition coefficient (Wildman–Crippen LogP) is 5.14. The zero-order chi connectivity index (χ0) is 28.3. The van der Waals surface area contributed by atoms with Gasteiger partial charge in [0.2, 0.25) is 5.91 Å². The molecule has 216 valence electrons. The molecule has 7 nitrogen and oxygen atoms in total. The highest BCUT2D eigenvalue weighted by atomic mass is 19.1. The molecule has 2 saturated heterocycles. The molecule has 8 heteroatoms. The van der Waals surface area contributed by atoms with Gasteiger partial charge in [-0.2, -0.15) is 0 Å². The van der Waals surface area contributed by atoms with Crippen LogP contribution >= 0.6 is 0 Å². The van der Waals surface area contributed by atoms with E-state index in [1.807, 2.05) is 23.1 Å². The molecule has 0 radical (unpaired) electrons. The Labute approximate surface area is 236 Å². The number of nitrogens with zero attached hydrogens (tertiary/aromatic N) is 2. The molecule has 40 heavy (non-hydrogen) atoms. The molecule has 1 N–H and O–H groups in total. The monoisotopic (exact) mass is 551 g/mol. The molecule has 0 saturated carbocycles. The van der Waals surface area contributed by atoms with E-state index in [0.29, 0.717) is 24.6 Å². The summed E-state index contributed by atoms with van der Waals surface area (Å²) in [5.74, 6) is 1.04. The van der Waals surface area contributed by atoms with Crippen molar-refractivity contribution in [3.8, 4) is 16.9 Å². The molecular formula is C32H42FN3O4. The van der Waals surface area contributed by atoms with Crippen molar-refractivity contribution in [3.63, 3.8) is 0 Å². The van der Waals surface area contributed by atoms with Gasteiger partial charge < -0.3 is 19.7 Å². The van der Waals surface area contributed by atoms with Gasteiger partial charge in [-0.3, -0.25) is 14.6 Å². The highest BCUT2D eigenvalue weighted by Crippen LogP contribution is 2.31. The van der Waals surface area contributed by atoms with Crippen LogP contribution in [0.2, 0.25) is 0 Å². The second-order valence-corrected chi connectivity index (χ2v) is 11.3. The molecular weight excluding hydrogens is 509 g/mol. The van der Waals surface area contributed by atoms with Crippen LogP contribution in [0.25, 0.3) is 11.1 Å². The predicted molar refractivity (Wildman–Crippen MR) is 153 cm³/mol. The number of ether oxygens (including phenoxy) is 1. The molecule has 0 spiro atoms. The number of hydrogen-bond donors (Lipinski definition) is 1. The Morgan fingerprint density at radius 2 is 1.85 bits per heavy atom. The van der Waals surface area contributed by atoms with E-state index in [1.165, 1.54) is 0 Å². The van der Waals surface area contributed by atoms with Crippen molar-refractivity contribution < 1.29 is 23.5 Å². The van der Waals surface area contributed by atoms with Gasteiger partial charge in [0.05, 0.1) is 0 Å². The number of nitrogens with one attached hydrogen (secondary N) is 1. The van der Waals surface area contributed by atoms with Gasteiger partial charge in [0.15, 0.2) is 0 Å². The van der Waals surface area contributed by atoms with Crippen LogP contribution in [-0.2, 0) is 14.4 Å². The second-order valence-electron chi connectivity index (χ2n) is 11.3. The molecule has 1 aromatic carbocycles. The minimum absolute atomic E-state index is 0.0163. The Bertz CT molecular complexity index is 1130. The zero-order valence-corrected chi connectivity index (χ0v) is 23.6. The fraction of sp³-hybridized carbons (Fsp3) is 0.562. The summed E-state index contributed by atoms with van der Waals surface area (Å²) in [6, 6.07) is 9.34. The van der Waals surface area contributed by atoms with Crippen LogP contribution < -0.4 is 10.1 Å². The summed E-state index contributed by atoms with van der Waals surface area (Å²) in [6.45, 7) is 4.28. The van der Waals surface area contributed by atoms with Crippen molar-refractivity contribution in [1.29, 1.82) is 0 Å². The number of amides is 1. The fourth-order valence-electron chi connectivity index (χ4n) is 5.93. The molecule has 0 bridgehead atoms. The third-order valence-electron chi connectivity index (χ3n) is 8.20. The summed E-state index contributed by atoms with van der Waals surface area (Å²) in [6.07, 6.45) is 9.34. The minimum atomic E-state index is -0.544. The highest BCUT2D eigenvalue weighted by Gasteiger charge is 2.30. The number of rotatable bonds is 13. The van der Waals surface area contributed by atoms with Gasteiger partial charge in [0.1, 0.15) is 30.6 Å². The first kappa shape index (κ1) is 29.8. The lowest BCUT2D eigenvalue weighted by atomic mass is 9.83. The van der Waals surface area contributed by atoms with Gasteiger partial charge in [0, 0.05) is 56.2 Å². The smallest absolute Gasteiger partial charge is 0.222 e. The number of hydrogen-bond acceptors (Lipinski definition) is 6. The number of piperidine rings is 2. The lowest BCUT2D eigenvalue weighted by molar-refractivity contribution is -0.135. The number of carbonyl (C=O) groups excluding carboxylic acids is 3. The van der Waals surface area contributed by atoms with E-state index in [0.717, 1.165) is 68.4 Å². The molecule has 0 unspecified atom stereocenters. The van der Waals surface area contributed by atoms with Gasteiger partial charge in [-0.1, -0.05) is 12.1 Å². The van der Waals surface area contributed by atoms with Crippen LogP contribution in [0.5, 0.6) is 5.75 Å². The largest absolute Gasteiger partial charge is 0.491 e. The molecule has 2 aliphatic heterocycles. The van der Waals surface area contributed by atoms with Crippen molar-refractivity contribution in [1.82, 2.24) is 15.2 Å². The Kier molecular flexibility index (Phi) is 11.2. The summed E-state index contributed by atoms with van der Waals surface area (Å²) in [5, 5.41) is 3.37. The Hall–Kier alpha value is -3.13. The fourth-order valence-corrected chi connectivity index (χ4v) is 5.93. The maximum absolute atomic E-state index is 13.5. The van der Waals surface area contributed by atoms with E-state index < -0.39 is 6.67 Å². The number of carbonyl (C=O) groups is 3. The number of pyridine rings is 1. The number of Topliss-reactive ketones (excluding diaryl/α,β-unsaturated/α-hetero) is 2. The molecule has 2 fully saturated rings. The second kappa shape index (κ2) is 15.0. The van der Waals surface area contributed by atoms with Crippen LogP contribution in [0.4, 0.5) is 4.39 Å². The van der Waals surface area contributed by atoms with Gasteiger partial charge in [-0.15, -0.1) is 0 Å². The third-order valence-corrected chi connectivity index (χ3v) is 8.20. The topological polar surface area (TPSA) is 88.6 Å². The van der Waals surface area contributed by atoms with Gasteiger partial charge in [-0.25, -0.2) is 4.39 Å². The standard InChI is InChI=1S/C32H42FN3O4/c1-23(37)17-27(29-18-28(20-35-21-29)25-5-7-30(8-6-25)40-16-12-33)19-31(38)26-3-2-15-36(22-26)32(39)9-4-24-10-13-34-14-11-24/h5-8,18,20-21,24,26-27,34H,2-4,9-17,19,22H2,1H3/t26-,27-/m1/s1. The van der Waals surface area contributed by atoms with Crippen LogP contribution in [0.1, 0.15) is 69.8 Å². The number of benzene rings is 1. The van der Waals surface area contributed by atoms with E-state index in [9.17, 15) is 18.8 Å². The summed E-state index contributed by atoms with van der Waals surface area (Å²) < 4.78 is 17.7. The van der Waals surface area contributed by atoms with Crippen LogP contribution in [-0.4, -0.2) is 66.8 Å². The van der Waals surface area contributed by atoms with Crippen molar-refractivity contribution in [2.24, 2.45) is 11.8 Å². The lowest BCUT2D eigenvalue weighted by Crippen LogP contribution is -2.42. The number of likely N-dealkylation sites (tertiary alicyclic amines) is 1. The molecule has 3 heterocycles. The van der Waals surface area contributed by atoms with E-state index in [1.54, 1.807) is 31.5 Å². The van der Waals surface area contributed by atoms with Gasteiger partial charge in [-0.05, 0) is 93.3 Å². The molecule has 0 aliphatic carbocycles. The summed E-state index contributed by atoms with van der Waals surface area (Å²) >= 11 is 0. The first-order valence-electron chi connectivity index (χ1n) is 14.7. The molecule has 1 amide bonds. The van der Waals surface area contributed by atoms with Crippen molar-refractivity contribution in [2.45, 2.75) is 64.2 Å². The number of halogens is 1. The summed E-state index contributed by atoms with van der Waals surface area (Å²) in [5.41, 5.74) is 2.64. The van der Waals surface area contributed by atoms with Crippen LogP contribution in [0, 0.1) is 11.8 Å². The molecule has 2 aliphatic rings. The average molecular weight is 552 g/mol. The molecule has 2 aromatic rings. The van der Waals surface area contributed by atoms with E-state index in [-0.39, 0.29) is 48.8 Å². The molecule has 2 atom stereocenters. The Balaban J connectivity index is 1.38. The average Bonchev–Trinajstić information content (AvgIpc) is 2.99. The van der Waals surface area contributed by atoms with Gasteiger partial charge >= 0.3 is 0 Å². The zero-order valence-electron chi connectivity index (χ0n) is 23.6. The molecule has 4 rings (SSSR count). The minimum Gasteiger partial charge on any atom is -0.491 e. The first-order valence-corrected chi connectivity index (χ1v) is 14.7. The Morgan fingerprint density at radius 3 is 2.58 bits per heavy atom. The van der Waals surface area contributed by atoms with Crippen molar-refractivity contribution >= 4 is 17.5 Å². The maximum atomic E-state index is 13.5. The van der Waals surface area contributed by atoms with E-state index >= 15 is 0 Å². The summed E-state index contributed by atoms with van der Waals surface area (Å²) in [7, 11) is 0. The SMILES string of the molecule is CC(=O)C[C@H](CC(=O)[C@@H]1CCCN(C(=O)CCC2CCNCC2)C1)c1cncc(-c2ccc(OCCF)cc2)c1. The Morgan fingerprint density at radius 1 is 1.07 bits per heavy atom. The maximum Gasteiger partial charge on any atom is 0.222 e. The summed E-state index contributed by atoms with van der Waals surface area (Å²) in [4.78, 5) is 44.9. The third kappa shape index (κ3) is 8.68. The highest BCUT2D eigenvalue weighted by molar-refractivity contribution is 5.85. The molecule has 1 aromatic heterocycles. The number of ketones is 2. The first-order chi connectivity index (χ1) is 19.4. The van der Waals surface area contributed by atoms with Crippen LogP contribution in [0.3, 0.4) is 0 Å².